The Labute approximate surface area is 45.7 Å². The van der Waals surface area contributed by atoms with Crippen LogP contribution in [0.4, 0.5) is 0 Å². The van der Waals surface area contributed by atoms with Crippen molar-refractivity contribution in [1.29, 1.82) is 5.41 Å². The van der Waals surface area contributed by atoms with Gasteiger partial charge in [-0.15, -0.1) is 0 Å². The van der Waals surface area contributed by atoms with E-state index in [0.29, 0.717) is 0 Å². The summed E-state index contributed by atoms with van der Waals surface area (Å²) in [5, 5.41) is 5.94. The van der Waals surface area contributed by atoms with Gasteiger partial charge in [-0.2, -0.15) is 0 Å². The first-order valence-corrected chi connectivity index (χ1v) is 0.789. The van der Waals surface area contributed by atoms with Gasteiger partial charge in [-0.05, 0) is 5.96 Å². The second-order valence-electron chi connectivity index (χ2n) is 0.414. The quantitative estimate of drug-likeness (QED) is 0.355. The minimum absolute atomic E-state index is 0. The van der Waals surface area contributed by atoms with Crippen molar-refractivity contribution in [2.24, 2.45) is 5.73 Å². The van der Waals surface area contributed by atoms with Gasteiger partial charge in [0.25, 0.3) is 0 Å². The molecule has 0 unspecified atom stereocenters. The van der Waals surface area contributed by atoms with Gasteiger partial charge in [-0.25, -0.2) is 0 Å². The minimum atomic E-state index is -0.583. The van der Waals surface area contributed by atoms with Gasteiger partial charge >= 0.3 is 22.4 Å². The van der Waals surface area contributed by atoms with E-state index in [0.717, 1.165) is 0 Å². The minimum Gasteiger partial charge on any atom is -0.454 e. The molecule has 0 aliphatic heterocycles. The Morgan fingerprint density at radius 3 is 1.80 bits per heavy atom. The van der Waals surface area contributed by atoms with Crippen molar-refractivity contribution < 1.29 is 22.4 Å². The summed E-state index contributed by atoms with van der Waals surface area (Å²) in [4.78, 5) is 0. The summed E-state index contributed by atoms with van der Waals surface area (Å²) in [5.74, 6) is -0.583. The molecule has 0 heterocycles. The Hall–Kier alpha value is 0.0103. The van der Waals surface area contributed by atoms with Crippen molar-refractivity contribution in [3.05, 3.63) is 5.73 Å². The Kier molecular flexibility index (Phi) is 7.13. The van der Waals surface area contributed by atoms with Crippen molar-refractivity contribution in [2.45, 2.75) is 0 Å². The molecule has 0 bridgehead atoms. The standard InChI is InChI=1S/CH4N3.Au/c2-1(3)4;/h(H4-,2,3,4);/q-1;+1. The van der Waals surface area contributed by atoms with E-state index >= 15 is 0 Å². The summed E-state index contributed by atoms with van der Waals surface area (Å²) in [7, 11) is 0. The largest absolute Gasteiger partial charge is 1.00 e. The molecule has 4 N–H and O–H groups in total. The van der Waals surface area contributed by atoms with Crippen LogP contribution in [-0.4, -0.2) is 5.96 Å². The van der Waals surface area contributed by atoms with Crippen molar-refractivity contribution >= 4 is 5.96 Å². The zero-order valence-electron chi connectivity index (χ0n) is 2.38. The second-order valence-corrected chi connectivity index (χ2v) is 0.414. The molecule has 0 aliphatic carbocycles. The maximum atomic E-state index is 5.94. The normalized spacial score (nSPS) is 4.80. The SMILES string of the molecule is N=C([NH-])N.[Au+]. The summed E-state index contributed by atoms with van der Waals surface area (Å²) >= 11 is 0. The Bertz CT molecular complexity index is 29.9. The molecule has 5 heavy (non-hydrogen) atoms. The molecule has 0 aliphatic rings. The first kappa shape index (κ1) is 8.89. The maximum absolute atomic E-state index is 5.94. The smallest absolute Gasteiger partial charge is 0.454 e. The molecule has 0 fully saturated rings. The van der Waals surface area contributed by atoms with Gasteiger partial charge in [0.05, 0.1) is 0 Å². The van der Waals surface area contributed by atoms with Gasteiger partial charge in [0.1, 0.15) is 0 Å². The molecule has 0 saturated heterocycles. The fraction of sp³-hybridized carbons (Fsp3) is 0. The van der Waals surface area contributed by atoms with Gasteiger partial charge in [0.15, 0.2) is 0 Å². The van der Waals surface area contributed by atoms with Gasteiger partial charge in [-0.1, -0.05) is 0 Å². The third kappa shape index (κ3) is 154000. The number of nitrogens with one attached hydrogen (secondary N) is 2. The van der Waals surface area contributed by atoms with Crippen LogP contribution < -0.4 is 5.73 Å². The first-order chi connectivity index (χ1) is 1.73. The molecular weight excluding hydrogens is 251 g/mol. The van der Waals surface area contributed by atoms with Crippen molar-refractivity contribution in [2.75, 3.05) is 0 Å². The number of guanidine groups is 1. The van der Waals surface area contributed by atoms with Crippen molar-refractivity contribution in [3.8, 4) is 0 Å². The average Bonchev–Trinajstić information content (AvgIpc) is 0.811. The number of nitrogens with two attached hydrogens (primary N) is 1. The Morgan fingerprint density at radius 1 is 1.80 bits per heavy atom. The molecule has 0 aromatic heterocycles. The predicted molar refractivity (Wildman–Crippen MR) is 16.2 cm³/mol. The van der Waals surface area contributed by atoms with E-state index in [1.54, 1.807) is 0 Å². The van der Waals surface area contributed by atoms with Crippen LogP contribution in [0.25, 0.3) is 5.73 Å². The third-order valence-electron chi connectivity index (χ3n) is 0. The molecule has 0 aromatic rings. The van der Waals surface area contributed by atoms with Crippen LogP contribution in [0.2, 0.25) is 0 Å². The van der Waals surface area contributed by atoms with E-state index in [2.05, 4.69) is 5.73 Å². The predicted octanol–water partition coefficient (Wildman–Crippen LogP) is -0.0704. The van der Waals surface area contributed by atoms with Crippen LogP contribution in [0.1, 0.15) is 0 Å². The van der Waals surface area contributed by atoms with E-state index in [1.807, 2.05) is 0 Å². The summed E-state index contributed by atoms with van der Waals surface area (Å²) in [5.41, 5.74) is 10.3. The van der Waals surface area contributed by atoms with Crippen LogP contribution in [0.15, 0.2) is 0 Å². The molecule has 0 amide bonds. The molecule has 0 radical (unpaired) electrons. The van der Waals surface area contributed by atoms with Crippen molar-refractivity contribution in [3.63, 3.8) is 0 Å². The maximum Gasteiger partial charge on any atom is 1.00 e. The van der Waals surface area contributed by atoms with Crippen LogP contribution in [0.5, 0.6) is 0 Å². The molecular formula is CH4AuN3. The first-order valence-electron chi connectivity index (χ1n) is 0.789. The summed E-state index contributed by atoms with van der Waals surface area (Å²) in [6.45, 7) is 0. The van der Waals surface area contributed by atoms with Crippen LogP contribution in [0, 0.1) is 5.41 Å². The molecule has 0 atom stereocenters. The van der Waals surface area contributed by atoms with Gasteiger partial charge in [-0.3, -0.25) is 0 Å². The third-order valence-corrected chi connectivity index (χ3v) is 0. The Morgan fingerprint density at radius 2 is 1.80 bits per heavy atom. The number of rotatable bonds is 0. The van der Waals surface area contributed by atoms with E-state index in [9.17, 15) is 0 Å². The van der Waals surface area contributed by atoms with Gasteiger partial charge in [0, 0.05) is 0 Å². The topological polar surface area (TPSA) is 73.7 Å². The summed E-state index contributed by atoms with van der Waals surface area (Å²) < 4.78 is 0. The van der Waals surface area contributed by atoms with E-state index in [1.165, 1.54) is 0 Å². The molecule has 0 aromatic carbocycles. The van der Waals surface area contributed by atoms with E-state index in [-0.39, 0.29) is 22.4 Å². The summed E-state index contributed by atoms with van der Waals surface area (Å²) in [6, 6.07) is 0. The fourth-order valence-electron chi connectivity index (χ4n) is 0. The second kappa shape index (κ2) is 4.01. The fourth-order valence-corrected chi connectivity index (χ4v) is 0. The zero-order chi connectivity index (χ0) is 3.58. The average molecular weight is 255 g/mol. The molecule has 4 heteroatoms. The summed E-state index contributed by atoms with van der Waals surface area (Å²) in [6.07, 6.45) is 0. The van der Waals surface area contributed by atoms with Crippen LogP contribution in [0.3, 0.4) is 0 Å². The van der Waals surface area contributed by atoms with Crippen molar-refractivity contribution in [1.82, 2.24) is 0 Å². The molecule has 0 spiro atoms. The molecule has 0 rings (SSSR count). The molecule has 0 saturated carbocycles. The van der Waals surface area contributed by atoms with E-state index in [4.69, 9.17) is 11.1 Å². The molecule has 3 nitrogen and oxygen atoms in total. The number of hydrogen-bond acceptors (Lipinski definition) is 1. The monoisotopic (exact) mass is 255 g/mol. The molecule has 34 valence electrons. The van der Waals surface area contributed by atoms with Crippen LogP contribution >= 0.6 is 0 Å². The Balaban J connectivity index is 0. The van der Waals surface area contributed by atoms with Gasteiger partial charge in [0.2, 0.25) is 0 Å². The van der Waals surface area contributed by atoms with Gasteiger partial charge < -0.3 is 16.9 Å². The van der Waals surface area contributed by atoms with E-state index < -0.39 is 5.96 Å². The number of hydrogen-bond donors (Lipinski definition) is 2. The van der Waals surface area contributed by atoms with Crippen LogP contribution in [-0.2, 0) is 22.4 Å². The zero-order valence-corrected chi connectivity index (χ0v) is 4.55.